The number of hydrogen-bond donors (Lipinski definition) is 0. The molecule has 0 saturated heterocycles. The van der Waals surface area contributed by atoms with E-state index in [-0.39, 0.29) is 5.97 Å². The van der Waals surface area contributed by atoms with Gasteiger partial charge in [0.1, 0.15) is 4.75 Å². The molecule has 1 unspecified atom stereocenters. The van der Waals surface area contributed by atoms with Crippen LogP contribution >= 0.6 is 11.8 Å². The van der Waals surface area contributed by atoms with Crippen LogP contribution < -0.4 is 0 Å². The second-order valence-corrected chi connectivity index (χ2v) is 5.97. The maximum Gasteiger partial charge on any atom is 0.326 e. The van der Waals surface area contributed by atoms with Crippen molar-refractivity contribution >= 4 is 17.7 Å². The van der Waals surface area contributed by atoms with E-state index in [0.717, 1.165) is 17.7 Å². The molecule has 0 spiro atoms. The quantitative estimate of drug-likeness (QED) is 0.755. The Morgan fingerprint density at radius 1 is 1.53 bits per heavy atom. The van der Waals surface area contributed by atoms with Gasteiger partial charge in [-0.25, -0.2) is 0 Å². The molecule has 1 aromatic carbocycles. The Kier molecular flexibility index (Phi) is 3.48. The zero-order valence-electron chi connectivity index (χ0n) is 10.6. The topological polar surface area (TPSA) is 26.3 Å². The zero-order chi connectivity index (χ0) is 12.5. The minimum absolute atomic E-state index is 0.114. The maximum atomic E-state index is 12.2. The normalized spacial score (nSPS) is 23.0. The van der Waals surface area contributed by atoms with Crippen LogP contribution in [0.25, 0.3) is 0 Å². The van der Waals surface area contributed by atoms with Crippen LogP contribution in [0.1, 0.15) is 30.5 Å². The van der Waals surface area contributed by atoms with Crippen LogP contribution in [0.5, 0.6) is 0 Å². The van der Waals surface area contributed by atoms with Crippen molar-refractivity contribution in [3.63, 3.8) is 0 Å². The molecule has 0 aliphatic carbocycles. The summed E-state index contributed by atoms with van der Waals surface area (Å²) < 4.78 is 4.69. The molecule has 1 aliphatic heterocycles. The van der Waals surface area contributed by atoms with Gasteiger partial charge in [-0.15, -0.1) is 11.8 Å². The Morgan fingerprint density at radius 3 is 3.00 bits per heavy atom. The standard InChI is InChI=1S/C14H18O2S/c1-4-16-13(15)14(3)12-7-5-6-10(2)11(12)8-9-17-14/h5-7H,4,8-9H2,1-3H3. The summed E-state index contributed by atoms with van der Waals surface area (Å²) in [5.74, 6) is 0.865. The van der Waals surface area contributed by atoms with Crippen molar-refractivity contribution in [3.8, 4) is 0 Å². The monoisotopic (exact) mass is 250 g/mol. The van der Waals surface area contributed by atoms with Gasteiger partial charge in [-0.05, 0) is 49.6 Å². The van der Waals surface area contributed by atoms with Crippen molar-refractivity contribution in [2.75, 3.05) is 12.4 Å². The number of aryl methyl sites for hydroxylation is 1. The Morgan fingerprint density at radius 2 is 2.29 bits per heavy atom. The molecule has 2 nitrogen and oxygen atoms in total. The predicted octanol–water partition coefficient (Wildman–Crippen LogP) is 3.06. The van der Waals surface area contributed by atoms with Crippen LogP contribution in [0.2, 0.25) is 0 Å². The summed E-state index contributed by atoms with van der Waals surface area (Å²) in [6, 6.07) is 6.20. The van der Waals surface area contributed by atoms with E-state index in [0.29, 0.717) is 6.61 Å². The van der Waals surface area contributed by atoms with Crippen molar-refractivity contribution < 1.29 is 9.53 Å². The van der Waals surface area contributed by atoms with Crippen molar-refractivity contribution in [2.24, 2.45) is 0 Å². The lowest BCUT2D eigenvalue weighted by Crippen LogP contribution is -2.35. The van der Waals surface area contributed by atoms with Crippen molar-refractivity contribution in [2.45, 2.75) is 31.9 Å². The summed E-state index contributed by atoms with van der Waals surface area (Å²) in [6.07, 6.45) is 1.04. The lowest BCUT2D eigenvalue weighted by Gasteiger charge is -2.33. The number of esters is 1. The second-order valence-electron chi connectivity index (χ2n) is 4.45. The van der Waals surface area contributed by atoms with Gasteiger partial charge in [-0.1, -0.05) is 18.2 Å². The predicted molar refractivity (Wildman–Crippen MR) is 71.3 cm³/mol. The molecule has 0 bridgehead atoms. The number of benzene rings is 1. The van der Waals surface area contributed by atoms with Gasteiger partial charge in [0.05, 0.1) is 6.61 Å². The van der Waals surface area contributed by atoms with E-state index >= 15 is 0 Å². The molecule has 0 N–H and O–H groups in total. The highest BCUT2D eigenvalue weighted by molar-refractivity contribution is 8.01. The highest BCUT2D eigenvalue weighted by Gasteiger charge is 2.41. The summed E-state index contributed by atoms with van der Waals surface area (Å²) in [5.41, 5.74) is 3.73. The van der Waals surface area contributed by atoms with E-state index in [1.165, 1.54) is 11.1 Å². The van der Waals surface area contributed by atoms with Gasteiger partial charge < -0.3 is 4.74 Å². The average molecular weight is 250 g/mol. The first kappa shape index (κ1) is 12.5. The first-order valence-corrected chi connectivity index (χ1v) is 6.98. The molecule has 17 heavy (non-hydrogen) atoms. The molecule has 0 aromatic heterocycles. The third-order valence-electron chi connectivity index (χ3n) is 3.33. The molecule has 92 valence electrons. The maximum absolute atomic E-state index is 12.2. The fourth-order valence-electron chi connectivity index (χ4n) is 2.35. The lowest BCUT2D eigenvalue weighted by molar-refractivity contribution is -0.145. The molecule has 0 radical (unpaired) electrons. The molecule has 0 amide bonds. The number of fused-ring (bicyclic) bond motifs is 1. The van der Waals surface area contributed by atoms with Gasteiger partial charge in [-0.2, -0.15) is 0 Å². The van der Waals surface area contributed by atoms with Crippen molar-refractivity contribution in [1.82, 2.24) is 0 Å². The Labute approximate surface area is 107 Å². The number of carbonyl (C=O) groups excluding carboxylic acids is 1. The molecule has 2 rings (SSSR count). The molecule has 1 heterocycles. The van der Waals surface area contributed by atoms with Crippen LogP contribution in [0, 0.1) is 6.92 Å². The minimum atomic E-state index is -0.532. The van der Waals surface area contributed by atoms with Crippen LogP contribution in [0.4, 0.5) is 0 Å². The van der Waals surface area contributed by atoms with Crippen LogP contribution in [0.15, 0.2) is 18.2 Å². The number of carbonyl (C=O) groups is 1. The summed E-state index contributed by atoms with van der Waals surface area (Å²) in [6.45, 7) is 6.38. The molecule has 1 aromatic rings. The SMILES string of the molecule is CCOC(=O)C1(C)SCCc2c(C)cccc21. The largest absolute Gasteiger partial charge is 0.465 e. The first-order chi connectivity index (χ1) is 8.09. The van der Waals surface area contributed by atoms with Crippen LogP contribution in [-0.2, 0) is 20.7 Å². The fourth-order valence-corrected chi connectivity index (χ4v) is 3.59. The summed E-state index contributed by atoms with van der Waals surface area (Å²) in [5, 5.41) is 0. The molecular weight excluding hydrogens is 232 g/mol. The van der Waals surface area contributed by atoms with E-state index in [9.17, 15) is 4.79 Å². The van der Waals surface area contributed by atoms with Gasteiger partial charge in [0.25, 0.3) is 0 Å². The minimum Gasteiger partial charge on any atom is -0.465 e. The summed E-state index contributed by atoms with van der Waals surface area (Å²) in [7, 11) is 0. The highest BCUT2D eigenvalue weighted by atomic mass is 32.2. The Balaban J connectivity index is 2.47. The van der Waals surface area contributed by atoms with Gasteiger partial charge in [0.15, 0.2) is 0 Å². The summed E-state index contributed by atoms with van der Waals surface area (Å²) >= 11 is 1.69. The average Bonchev–Trinajstić information content (AvgIpc) is 2.31. The summed E-state index contributed by atoms with van der Waals surface area (Å²) in [4.78, 5) is 12.2. The molecule has 0 saturated carbocycles. The molecule has 3 heteroatoms. The molecule has 0 fully saturated rings. The van der Waals surface area contributed by atoms with Gasteiger partial charge >= 0.3 is 5.97 Å². The zero-order valence-corrected chi connectivity index (χ0v) is 11.4. The Hall–Kier alpha value is -0.960. The van der Waals surface area contributed by atoms with Crippen LogP contribution in [-0.4, -0.2) is 18.3 Å². The number of ether oxygens (including phenoxy) is 1. The third-order valence-corrected chi connectivity index (χ3v) is 4.70. The van der Waals surface area contributed by atoms with Gasteiger partial charge in [0, 0.05) is 0 Å². The van der Waals surface area contributed by atoms with Crippen molar-refractivity contribution in [1.29, 1.82) is 0 Å². The van der Waals surface area contributed by atoms with E-state index < -0.39 is 4.75 Å². The fraction of sp³-hybridized carbons (Fsp3) is 0.500. The van der Waals surface area contributed by atoms with E-state index in [2.05, 4.69) is 19.1 Å². The third kappa shape index (κ3) is 2.08. The molecule has 1 atom stereocenters. The van der Waals surface area contributed by atoms with E-state index in [1.807, 2.05) is 19.9 Å². The number of rotatable bonds is 2. The molecule has 1 aliphatic rings. The Bertz CT molecular complexity index is 442. The molecular formula is C14H18O2S. The smallest absolute Gasteiger partial charge is 0.326 e. The number of thioether (sulfide) groups is 1. The van der Waals surface area contributed by atoms with Gasteiger partial charge in [0.2, 0.25) is 0 Å². The van der Waals surface area contributed by atoms with Gasteiger partial charge in [-0.3, -0.25) is 4.79 Å². The van der Waals surface area contributed by atoms with Crippen LogP contribution in [0.3, 0.4) is 0 Å². The number of hydrogen-bond acceptors (Lipinski definition) is 3. The first-order valence-electron chi connectivity index (χ1n) is 5.99. The van der Waals surface area contributed by atoms with E-state index in [1.54, 1.807) is 11.8 Å². The van der Waals surface area contributed by atoms with E-state index in [4.69, 9.17) is 4.74 Å². The lowest BCUT2D eigenvalue weighted by atomic mass is 9.90. The van der Waals surface area contributed by atoms with Crippen molar-refractivity contribution in [3.05, 3.63) is 34.9 Å². The highest BCUT2D eigenvalue weighted by Crippen LogP contribution is 2.44. The second kappa shape index (κ2) is 4.73.